The Balaban J connectivity index is 2.52. The molecule has 0 saturated carbocycles. The molecule has 0 radical (unpaired) electrons. The van der Waals surface area contributed by atoms with Crippen LogP contribution in [0.1, 0.15) is 19.4 Å². The molecule has 0 bridgehead atoms. The zero-order valence-electron chi connectivity index (χ0n) is 14.9. The number of aromatic nitrogens is 2. The highest BCUT2D eigenvalue weighted by Crippen LogP contribution is 2.40. The van der Waals surface area contributed by atoms with Crippen LogP contribution in [0.4, 0.5) is 11.8 Å². The topological polar surface area (TPSA) is 146 Å². The highest BCUT2D eigenvalue weighted by atomic mass is 35.5. The Morgan fingerprint density at radius 1 is 1.33 bits per heavy atom. The minimum Gasteiger partial charge on any atom is -0.493 e. The summed E-state index contributed by atoms with van der Waals surface area (Å²) in [6.07, 6.45) is -0.874. The first-order valence-corrected chi connectivity index (χ1v) is 8.24. The molecule has 1 atom stereocenters. The molecule has 2 rings (SSSR count). The predicted octanol–water partition coefficient (Wildman–Crippen LogP) is 2.17. The van der Waals surface area contributed by atoms with E-state index in [4.69, 9.17) is 37.3 Å². The molecule has 4 N–H and O–H groups in total. The smallest absolute Gasteiger partial charge is 0.347 e. The molecule has 2 aromatic rings. The molecule has 10 heteroatoms. The number of anilines is 2. The van der Waals surface area contributed by atoms with E-state index in [1.165, 1.54) is 19.2 Å². The van der Waals surface area contributed by atoms with Gasteiger partial charge in [0.2, 0.25) is 5.95 Å². The molecule has 27 heavy (non-hydrogen) atoms. The van der Waals surface area contributed by atoms with E-state index in [2.05, 4.69) is 9.97 Å². The summed E-state index contributed by atoms with van der Waals surface area (Å²) in [6, 6.07) is 4.89. The third kappa shape index (κ3) is 4.30. The summed E-state index contributed by atoms with van der Waals surface area (Å²) < 4.78 is 15.8. The summed E-state index contributed by atoms with van der Waals surface area (Å²) in [5, 5.41) is 9.54. The molecule has 1 unspecified atom stereocenters. The number of nitrogens with zero attached hydrogens (tertiary/aromatic N) is 3. The van der Waals surface area contributed by atoms with Gasteiger partial charge in [0.25, 0.3) is 0 Å². The number of hydrogen-bond donors (Lipinski definition) is 2. The van der Waals surface area contributed by atoms with E-state index in [0.717, 1.165) is 0 Å². The van der Waals surface area contributed by atoms with Crippen LogP contribution >= 0.6 is 11.6 Å². The van der Waals surface area contributed by atoms with Crippen LogP contribution in [0.2, 0.25) is 5.02 Å². The lowest BCUT2D eigenvalue weighted by atomic mass is 10.1. The van der Waals surface area contributed by atoms with E-state index in [-0.39, 0.29) is 46.2 Å². The van der Waals surface area contributed by atoms with Gasteiger partial charge in [0.05, 0.1) is 24.4 Å². The number of carbonyl (C=O) groups excluding carboxylic acids is 1. The second-order valence-electron chi connectivity index (χ2n) is 5.30. The molecular formula is C17H18ClN5O4. The van der Waals surface area contributed by atoms with Crippen molar-refractivity contribution in [2.75, 3.05) is 25.2 Å². The highest BCUT2D eigenvalue weighted by Gasteiger charge is 2.22. The van der Waals surface area contributed by atoms with Gasteiger partial charge in [0.1, 0.15) is 17.5 Å². The number of esters is 1. The number of hydrogen-bond acceptors (Lipinski definition) is 9. The van der Waals surface area contributed by atoms with Crippen molar-refractivity contribution in [1.29, 1.82) is 5.26 Å². The van der Waals surface area contributed by atoms with E-state index >= 15 is 0 Å². The SMILES string of the molecule is CCOC(=O)C(C)Oc1cc(Cl)c(-c2nc(N)nc(N)c2C#N)cc1OC. The average molecular weight is 392 g/mol. The molecular weight excluding hydrogens is 374 g/mol. The lowest BCUT2D eigenvalue weighted by molar-refractivity contribution is -0.150. The van der Waals surface area contributed by atoms with E-state index in [1.54, 1.807) is 13.8 Å². The van der Waals surface area contributed by atoms with Gasteiger partial charge in [-0.2, -0.15) is 10.2 Å². The number of carbonyl (C=O) groups is 1. The normalized spacial score (nSPS) is 11.4. The van der Waals surface area contributed by atoms with Gasteiger partial charge in [-0.3, -0.25) is 0 Å². The lowest BCUT2D eigenvalue weighted by Gasteiger charge is -2.17. The van der Waals surface area contributed by atoms with Gasteiger partial charge < -0.3 is 25.7 Å². The van der Waals surface area contributed by atoms with E-state index < -0.39 is 12.1 Å². The molecule has 142 valence electrons. The molecule has 0 spiro atoms. The summed E-state index contributed by atoms with van der Waals surface area (Å²) in [5.41, 5.74) is 11.9. The van der Waals surface area contributed by atoms with Gasteiger partial charge in [0.15, 0.2) is 17.6 Å². The molecule has 0 fully saturated rings. The fraction of sp³-hybridized carbons (Fsp3) is 0.294. The molecule has 1 aromatic carbocycles. The van der Waals surface area contributed by atoms with Crippen molar-refractivity contribution in [3.63, 3.8) is 0 Å². The first kappa shape index (κ1) is 20.1. The third-order valence-electron chi connectivity index (χ3n) is 3.50. The van der Waals surface area contributed by atoms with E-state index in [9.17, 15) is 10.1 Å². The number of rotatable bonds is 6. The number of nitrogens with two attached hydrogens (primary N) is 2. The van der Waals surface area contributed by atoms with Crippen LogP contribution in [-0.4, -0.2) is 35.8 Å². The lowest BCUT2D eigenvalue weighted by Crippen LogP contribution is -2.26. The van der Waals surface area contributed by atoms with Crippen LogP contribution in [0.5, 0.6) is 11.5 Å². The Morgan fingerprint density at radius 2 is 2.04 bits per heavy atom. The molecule has 0 aliphatic carbocycles. The van der Waals surface area contributed by atoms with Crippen molar-refractivity contribution in [1.82, 2.24) is 9.97 Å². The second-order valence-corrected chi connectivity index (χ2v) is 5.70. The Labute approximate surface area is 160 Å². The van der Waals surface area contributed by atoms with Crippen molar-refractivity contribution in [3.05, 3.63) is 22.7 Å². The first-order valence-electron chi connectivity index (χ1n) is 7.86. The predicted molar refractivity (Wildman–Crippen MR) is 99.3 cm³/mol. The van der Waals surface area contributed by atoms with Crippen LogP contribution in [0.25, 0.3) is 11.3 Å². The number of ether oxygens (including phenoxy) is 3. The molecule has 1 heterocycles. The largest absolute Gasteiger partial charge is 0.493 e. The summed E-state index contributed by atoms with van der Waals surface area (Å²) >= 11 is 6.35. The van der Waals surface area contributed by atoms with Crippen molar-refractivity contribution in [2.45, 2.75) is 20.0 Å². The standard InChI is InChI=1S/C17H18ClN5O4/c1-4-26-16(24)8(2)27-13-6-11(18)9(5-12(13)25-3)14-10(7-19)15(20)23-17(21)22-14/h5-6,8H,4H2,1-3H3,(H4,20,21,22,23). The summed E-state index contributed by atoms with van der Waals surface area (Å²) in [5.74, 6) is -0.201. The van der Waals surface area contributed by atoms with Gasteiger partial charge >= 0.3 is 5.97 Å². The second kappa shape index (κ2) is 8.42. The van der Waals surface area contributed by atoms with Gasteiger partial charge in [-0.05, 0) is 19.9 Å². The number of nitrogen functional groups attached to an aromatic ring is 2. The fourth-order valence-electron chi connectivity index (χ4n) is 2.27. The van der Waals surface area contributed by atoms with Crippen LogP contribution < -0.4 is 20.9 Å². The molecule has 0 saturated heterocycles. The molecule has 0 aliphatic heterocycles. The van der Waals surface area contributed by atoms with Gasteiger partial charge in [-0.15, -0.1) is 0 Å². The van der Waals surface area contributed by atoms with Gasteiger partial charge in [0, 0.05) is 11.6 Å². The highest BCUT2D eigenvalue weighted by molar-refractivity contribution is 6.33. The van der Waals surface area contributed by atoms with Gasteiger partial charge in [-0.25, -0.2) is 9.78 Å². The maximum Gasteiger partial charge on any atom is 0.347 e. The first-order chi connectivity index (χ1) is 12.8. The Hall–Kier alpha value is -3.25. The zero-order chi connectivity index (χ0) is 20.1. The van der Waals surface area contributed by atoms with Crippen LogP contribution in [0.15, 0.2) is 12.1 Å². The van der Waals surface area contributed by atoms with Crippen LogP contribution in [-0.2, 0) is 9.53 Å². The Kier molecular flexibility index (Phi) is 6.26. The number of benzene rings is 1. The quantitative estimate of drug-likeness (QED) is 0.706. The maximum absolute atomic E-state index is 11.8. The van der Waals surface area contributed by atoms with Crippen molar-refractivity contribution in [2.24, 2.45) is 0 Å². The summed E-state index contributed by atoms with van der Waals surface area (Å²) in [4.78, 5) is 19.6. The minimum atomic E-state index is -0.874. The summed E-state index contributed by atoms with van der Waals surface area (Å²) in [7, 11) is 1.42. The minimum absolute atomic E-state index is 0.0294. The third-order valence-corrected chi connectivity index (χ3v) is 3.81. The number of halogens is 1. The Bertz CT molecular complexity index is 913. The monoisotopic (exact) mass is 391 g/mol. The maximum atomic E-state index is 11.8. The number of methoxy groups -OCH3 is 1. The molecule has 1 aromatic heterocycles. The molecule has 0 amide bonds. The summed E-state index contributed by atoms with van der Waals surface area (Å²) in [6.45, 7) is 3.47. The van der Waals surface area contributed by atoms with Crippen LogP contribution in [0.3, 0.4) is 0 Å². The zero-order valence-corrected chi connectivity index (χ0v) is 15.7. The van der Waals surface area contributed by atoms with E-state index in [0.29, 0.717) is 5.56 Å². The molecule has 9 nitrogen and oxygen atoms in total. The van der Waals surface area contributed by atoms with Crippen molar-refractivity contribution >= 4 is 29.3 Å². The van der Waals surface area contributed by atoms with Crippen LogP contribution in [0, 0.1) is 11.3 Å². The fourth-order valence-corrected chi connectivity index (χ4v) is 2.51. The molecule has 0 aliphatic rings. The van der Waals surface area contributed by atoms with E-state index in [1.807, 2.05) is 6.07 Å². The van der Waals surface area contributed by atoms with Crippen molar-refractivity contribution in [3.8, 4) is 28.8 Å². The average Bonchev–Trinajstić information content (AvgIpc) is 2.61. The van der Waals surface area contributed by atoms with Gasteiger partial charge in [-0.1, -0.05) is 11.6 Å². The Morgan fingerprint density at radius 3 is 2.63 bits per heavy atom. The number of nitriles is 1. The van der Waals surface area contributed by atoms with Crippen molar-refractivity contribution < 1.29 is 19.0 Å².